The Morgan fingerprint density at radius 2 is 1.67 bits per heavy atom. The molecule has 0 aliphatic rings. The average Bonchev–Trinajstić information content (AvgIpc) is 3.71. The van der Waals surface area contributed by atoms with Gasteiger partial charge in [-0.25, -0.2) is 4.98 Å². The number of thiazole rings is 1. The summed E-state index contributed by atoms with van der Waals surface area (Å²) in [5.74, 6) is -0.685. The minimum atomic E-state index is -0.514. The largest absolute Gasteiger partial charge is 0.465 e. The summed E-state index contributed by atoms with van der Waals surface area (Å²) in [6, 6.07) is 26.9. The number of anilines is 2. The first-order valence-electron chi connectivity index (χ1n) is 13.1. The molecule has 0 radical (unpaired) electrons. The van der Waals surface area contributed by atoms with Crippen LogP contribution in [0.4, 0.5) is 10.8 Å². The van der Waals surface area contributed by atoms with Crippen molar-refractivity contribution in [3.8, 4) is 11.3 Å². The van der Waals surface area contributed by atoms with Crippen LogP contribution in [-0.4, -0.2) is 28.0 Å². The van der Waals surface area contributed by atoms with Crippen molar-refractivity contribution in [1.29, 1.82) is 0 Å². The number of hydrogen-bond donors (Lipinski definition) is 3. The number of carbonyl (C=O) groups is 3. The second-order valence-electron chi connectivity index (χ2n) is 9.17. The van der Waals surface area contributed by atoms with Crippen LogP contribution in [-0.2, 0) is 9.59 Å². The summed E-state index contributed by atoms with van der Waals surface area (Å²) in [6.45, 7) is 1.82. The highest BCUT2D eigenvalue weighted by Crippen LogP contribution is 2.29. The van der Waals surface area contributed by atoms with Gasteiger partial charge in [0.05, 0.1) is 17.2 Å². The molecule has 5 rings (SSSR count). The summed E-state index contributed by atoms with van der Waals surface area (Å²) < 4.78 is 6.32. The van der Waals surface area contributed by atoms with Gasteiger partial charge in [0.25, 0.3) is 11.8 Å². The van der Waals surface area contributed by atoms with Gasteiger partial charge in [0.1, 0.15) is 11.5 Å². The Kier molecular flexibility index (Phi) is 9.88. The van der Waals surface area contributed by atoms with Crippen molar-refractivity contribution in [3.05, 3.63) is 124 Å². The lowest BCUT2D eigenvalue weighted by Gasteiger charge is -2.13. The van der Waals surface area contributed by atoms with E-state index < -0.39 is 17.1 Å². The number of halogens is 1. The molecule has 0 saturated carbocycles. The minimum absolute atomic E-state index is 0.0260. The molecule has 2 heterocycles. The van der Waals surface area contributed by atoms with Crippen LogP contribution in [0.2, 0.25) is 0 Å². The Labute approximate surface area is 264 Å². The molecule has 8 nitrogen and oxygen atoms in total. The number of hydrogen-bond acceptors (Lipinski definition) is 7. The van der Waals surface area contributed by atoms with E-state index in [-0.39, 0.29) is 11.6 Å². The van der Waals surface area contributed by atoms with Gasteiger partial charge in [0.15, 0.2) is 5.13 Å². The molecule has 0 bridgehead atoms. The number of benzene rings is 3. The molecule has 216 valence electrons. The molecule has 1 unspecified atom stereocenters. The molecule has 0 fully saturated rings. The molecular weight excluding hydrogens is 648 g/mol. The quantitative estimate of drug-likeness (QED) is 0.104. The second-order valence-corrected chi connectivity index (χ2v) is 12.4. The lowest BCUT2D eigenvalue weighted by Crippen LogP contribution is -2.30. The summed E-state index contributed by atoms with van der Waals surface area (Å²) >= 11 is 6.19. The monoisotopic (exact) mass is 672 g/mol. The predicted octanol–water partition coefficient (Wildman–Crippen LogP) is 7.69. The molecule has 3 amide bonds. The zero-order valence-electron chi connectivity index (χ0n) is 22.7. The Morgan fingerprint density at radius 3 is 2.37 bits per heavy atom. The third-order valence-corrected chi connectivity index (χ3v) is 8.43. The van der Waals surface area contributed by atoms with Crippen molar-refractivity contribution in [2.75, 3.05) is 10.6 Å². The molecule has 1 atom stereocenters. The number of rotatable bonds is 10. The van der Waals surface area contributed by atoms with Gasteiger partial charge >= 0.3 is 0 Å². The van der Waals surface area contributed by atoms with Gasteiger partial charge in [0.2, 0.25) is 5.91 Å². The highest BCUT2D eigenvalue weighted by atomic mass is 79.9. The van der Waals surface area contributed by atoms with Gasteiger partial charge in [0, 0.05) is 37.6 Å². The number of nitrogens with one attached hydrogen (secondary N) is 3. The summed E-state index contributed by atoms with van der Waals surface area (Å²) in [4.78, 5) is 44.1. The van der Waals surface area contributed by atoms with E-state index in [1.165, 1.54) is 35.4 Å². The molecule has 0 saturated heterocycles. The van der Waals surface area contributed by atoms with Crippen molar-refractivity contribution in [3.63, 3.8) is 0 Å². The molecule has 0 spiro atoms. The molecule has 2 aromatic heterocycles. The van der Waals surface area contributed by atoms with E-state index in [4.69, 9.17) is 4.42 Å². The Hall–Kier alpha value is -4.45. The second kappa shape index (κ2) is 14.1. The van der Waals surface area contributed by atoms with Gasteiger partial charge < -0.3 is 20.4 Å². The van der Waals surface area contributed by atoms with Gasteiger partial charge in [-0.15, -0.1) is 23.1 Å². The summed E-state index contributed by atoms with van der Waals surface area (Å²) in [5, 5.41) is 10.4. The Morgan fingerprint density at radius 1 is 0.930 bits per heavy atom. The van der Waals surface area contributed by atoms with Gasteiger partial charge in [-0.3, -0.25) is 14.4 Å². The smallest absolute Gasteiger partial charge is 0.272 e. The van der Waals surface area contributed by atoms with Gasteiger partial charge in [-0.1, -0.05) is 46.3 Å². The number of aromatic nitrogens is 1. The van der Waals surface area contributed by atoms with Crippen molar-refractivity contribution in [2.45, 2.75) is 17.1 Å². The van der Waals surface area contributed by atoms with Crippen LogP contribution in [0.3, 0.4) is 0 Å². The fourth-order valence-corrected chi connectivity index (χ4v) is 5.68. The normalized spacial score (nSPS) is 11.9. The minimum Gasteiger partial charge on any atom is -0.465 e. The first-order valence-corrected chi connectivity index (χ1v) is 15.6. The number of amides is 3. The van der Waals surface area contributed by atoms with Crippen LogP contribution in [0.5, 0.6) is 0 Å². The standard InChI is InChI=1S/C32H25BrN4O4S2/c1-20(29(38)37-32-36-28(19-42-32)21-9-11-23(33)12-10-21)43-26-15-13-24(14-16-26)34-31(40)27(18-25-8-5-17-41-25)35-30(39)22-6-3-2-4-7-22/h2-20H,1H3,(H,34,40)(H,35,39)(H,36,37,38)/b27-18-. The van der Waals surface area contributed by atoms with Crippen LogP contribution in [0.25, 0.3) is 17.3 Å². The maximum absolute atomic E-state index is 13.1. The maximum atomic E-state index is 13.1. The zero-order chi connectivity index (χ0) is 30.2. The Bertz CT molecular complexity index is 1740. The summed E-state index contributed by atoms with van der Waals surface area (Å²) in [6.07, 6.45) is 2.95. The van der Waals surface area contributed by atoms with E-state index in [2.05, 4.69) is 36.9 Å². The zero-order valence-corrected chi connectivity index (χ0v) is 26.0. The lowest BCUT2D eigenvalue weighted by atomic mass is 10.2. The number of nitrogens with zero attached hydrogens (tertiary/aromatic N) is 1. The van der Waals surface area contributed by atoms with Gasteiger partial charge in [-0.2, -0.15) is 0 Å². The fourth-order valence-electron chi connectivity index (χ4n) is 3.82. The predicted molar refractivity (Wildman–Crippen MR) is 175 cm³/mol. The topological polar surface area (TPSA) is 113 Å². The van der Waals surface area contributed by atoms with Crippen LogP contribution >= 0.6 is 39.0 Å². The molecule has 0 aliphatic heterocycles. The van der Waals surface area contributed by atoms with Gasteiger partial charge in [-0.05, 0) is 67.6 Å². The highest BCUT2D eigenvalue weighted by Gasteiger charge is 2.18. The first kappa shape index (κ1) is 30.0. The lowest BCUT2D eigenvalue weighted by molar-refractivity contribution is -0.115. The molecule has 3 N–H and O–H groups in total. The van der Waals surface area contributed by atoms with Crippen LogP contribution in [0, 0.1) is 0 Å². The van der Waals surface area contributed by atoms with Crippen LogP contribution < -0.4 is 16.0 Å². The van der Waals surface area contributed by atoms with E-state index in [1.807, 2.05) is 48.7 Å². The van der Waals surface area contributed by atoms with Crippen molar-refractivity contribution in [2.24, 2.45) is 0 Å². The molecule has 5 aromatic rings. The maximum Gasteiger partial charge on any atom is 0.272 e. The van der Waals surface area contributed by atoms with E-state index in [0.717, 1.165) is 20.6 Å². The van der Waals surface area contributed by atoms with E-state index in [1.54, 1.807) is 54.6 Å². The first-order chi connectivity index (χ1) is 20.8. The SMILES string of the molecule is CC(Sc1ccc(NC(=O)/C(=C/c2ccco2)NC(=O)c2ccccc2)cc1)C(=O)Nc1nc(-c2ccc(Br)cc2)cs1. The number of thioether (sulfide) groups is 1. The molecule has 43 heavy (non-hydrogen) atoms. The van der Waals surface area contributed by atoms with E-state index >= 15 is 0 Å². The van der Waals surface area contributed by atoms with Crippen molar-refractivity contribution in [1.82, 2.24) is 10.3 Å². The third-order valence-electron chi connectivity index (χ3n) is 6.03. The Balaban J connectivity index is 1.18. The van der Waals surface area contributed by atoms with Crippen molar-refractivity contribution < 1.29 is 18.8 Å². The summed E-state index contributed by atoms with van der Waals surface area (Å²) in [7, 11) is 0. The number of furan rings is 1. The van der Waals surface area contributed by atoms with E-state index in [0.29, 0.717) is 22.1 Å². The molecule has 0 aliphatic carbocycles. The summed E-state index contributed by atoms with van der Waals surface area (Å²) in [5.41, 5.74) is 2.73. The molecule has 11 heteroatoms. The van der Waals surface area contributed by atoms with Crippen molar-refractivity contribution >= 4 is 73.6 Å². The molecular formula is C32H25BrN4O4S2. The van der Waals surface area contributed by atoms with E-state index in [9.17, 15) is 14.4 Å². The molecule has 3 aromatic carbocycles. The van der Waals surface area contributed by atoms with Crippen LogP contribution in [0.15, 0.2) is 122 Å². The average molecular weight is 674 g/mol. The van der Waals surface area contributed by atoms with Crippen LogP contribution in [0.1, 0.15) is 23.0 Å². The highest BCUT2D eigenvalue weighted by molar-refractivity contribution is 9.10. The third kappa shape index (κ3) is 8.31. The number of carbonyl (C=O) groups excluding carboxylic acids is 3. The fraction of sp³-hybridized carbons (Fsp3) is 0.0625.